The number of rotatable bonds is 2. The number of fused-ring (bicyclic) bond motifs is 5. The maximum atomic E-state index is 13.1. The summed E-state index contributed by atoms with van der Waals surface area (Å²) in [7, 11) is 0. The molecule has 0 aliphatic heterocycles. The minimum absolute atomic E-state index is 0.199. The van der Waals surface area contributed by atoms with Crippen LogP contribution in [0.1, 0.15) is 79.1 Å². The molecule has 154 valence electrons. The number of allylic oxidation sites excluding steroid dienone is 1. The Balaban J connectivity index is 1.58. The third-order valence-electron chi connectivity index (χ3n) is 9.25. The Kier molecular flexibility index (Phi) is 4.83. The van der Waals surface area contributed by atoms with Crippen molar-refractivity contribution in [3.8, 4) is 0 Å². The van der Waals surface area contributed by atoms with Gasteiger partial charge in [0, 0.05) is 23.8 Å². The predicted molar refractivity (Wildman–Crippen MR) is 106 cm³/mol. The van der Waals surface area contributed by atoms with E-state index in [1.54, 1.807) is 6.92 Å². The second-order valence-corrected chi connectivity index (χ2v) is 10.5. The molecule has 0 spiro atoms. The second kappa shape index (κ2) is 6.81. The van der Waals surface area contributed by atoms with Crippen LogP contribution in [-0.2, 0) is 19.1 Å². The fourth-order valence-electron chi connectivity index (χ4n) is 7.56. The number of Topliss-reactive ketones (excluding diaryl/α,β-unsaturated/α-hetero) is 2. The van der Waals surface area contributed by atoms with E-state index >= 15 is 0 Å². The van der Waals surface area contributed by atoms with Crippen LogP contribution in [0.15, 0.2) is 11.8 Å². The van der Waals surface area contributed by atoms with Crippen LogP contribution in [-0.4, -0.2) is 17.5 Å². The summed E-state index contributed by atoms with van der Waals surface area (Å²) in [5.41, 5.74) is 0.713. The molecule has 0 saturated heterocycles. The lowest BCUT2D eigenvalue weighted by molar-refractivity contribution is -0.142. The monoisotopic (exact) mass is 386 g/mol. The number of ether oxygens (including phenoxy) is 1. The number of carbonyl (C=O) groups excluding carboxylic acids is 3. The molecule has 4 saturated carbocycles. The molecule has 28 heavy (non-hydrogen) atoms. The lowest BCUT2D eigenvalue weighted by Crippen LogP contribution is -2.53. The Labute approximate surface area is 168 Å². The number of ketones is 2. The molecule has 0 bridgehead atoms. The molecule has 0 amide bonds. The van der Waals surface area contributed by atoms with Crippen LogP contribution in [0.5, 0.6) is 0 Å². The van der Waals surface area contributed by atoms with Gasteiger partial charge in [-0.25, -0.2) is 0 Å². The lowest BCUT2D eigenvalue weighted by Gasteiger charge is -2.60. The molecular weight excluding hydrogens is 352 g/mol. The van der Waals surface area contributed by atoms with E-state index in [1.165, 1.54) is 26.0 Å². The van der Waals surface area contributed by atoms with Gasteiger partial charge in [-0.1, -0.05) is 13.8 Å². The largest absolute Gasteiger partial charge is 0.434 e. The van der Waals surface area contributed by atoms with Crippen molar-refractivity contribution < 1.29 is 19.1 Å². The van der Waals surface area contributed by atoms with E-state index in [0.29, 0.717) is 40.4 Å². The zero-order valence-electron chi connectivity index (χ0n) is 17.8. The number of hydrogen-bond donors (Lipinski definition) is 0. The normalized spacial score (nSPS) is 46.5. The molecule has 0 N–H and O–H groups in total. The number of carbonyl (C=O) groups is 3. The summed E-state index contributed by atoms with van der Waals surface area (Å²) in [6.07, 6.45) is 9.83. The first-order valence-corrected chi connectivity index (χ1v) is 11.1. The van der Waals surface area contributed by atoms with Gasteiger partial charge >= 0.3 is 5.97 Å². The number of esters is 1. The maximum absolute atomic E-state index is 13.1. The van der Waals surface area contributed by atoms with Gasteiger partial charge in [0.1, 0.15) is 12.0 Å². The van der Waals surface area contributed by atoms with Crippen LogP contribution in [0.2, 0.25) is 0 Å². The molecule has 4 nitrogen and oxygen atoms in total. The Hall–Kier alpha value is -1.45. The zero-order chi connectivity index (χ0) is 20.3. The molecule has 4 heteroatoms. The van der Waals surface area contributed by atoms with E-state index in [4.69, 9.17) is 4.74 Å². The van der Waals surface area contributed by atoms with Crippen molar-refractivity contribution in [2.45, 2.75) is 79.1 Å². The van der Waals surface area contributed by atoms with Crippen LogP contribution in [0.4, 0.5) is 0 Å². The molecule has 2 unspecified atom stereocenters. The van der Waals surface area contributed by atoms with E-state index in [9.17, 15) is 14.4 Å². The van der Waals surface area contributed by atoms with Crippen molar-refractivity contribution in [1.82, 2.24) is 0 Å². The van der Waals surface area contributed by atoms with Gasteiger partial charge < -0.3 is 4.74 Å². The van der Waals surface area contributed by atoms with E-state index in [1.807, 2.05) is 0 Å². The van der Waals surface area contributed by atoms with Crippen molar-refractivity contribution in [3.05, 3.63) is 11.8 Å². The van der Waals surface area contributed by atoms with Crippen molar-refractivity contribution in [1.29, 1.82) is 0 Å². The van der Waals surface area contributed by atoms with Crippen molar-refractivity contribution in [2.24, 2.45) is 40.4 Å². The van der Waals surface area contributed by atoms with Gasteiger partial charge in [-0.2, -0.15) is 0 Å². The first-order valence-electron chi connectivity index (χ1n) is 11.1. The van der Waals surface area contributed by atoms with Crippen LogP contribution >= 0.6 is 0 Å². The summed E-state index contributed by atoms with van der Waals surface area (Å²) >= 11 is 0. The second-order valence-electron chi connectivity index (χ2n) is 10.5. The third-order valence-corrected chi connectivity index (χ3v) is 9.25. The molecule has 4 rings (SSSR count). The topological polar surface area (TPSA) is 60.4 Å². The minimum Gasteiger partial charge on any atom is -0.434 e. The summed E-state index contributed by atoms with van der Waals surface area (Å²) in [6.45, 7) is 7.75. The molecule has 0 aromatic carbocycles. The van der Waals surface area contributed by atoms with E-state index in [2.05, 4.69) is 13.8 Å². The maximum Gasteiger partial charge on any atom is 0.307 e. The fourth-order valence-corrected chi connectivity index (χ4v) is 7.56. The molecule has 0 aromatic rings. The van der Waals surface area contributed by atoms with E-state index < -0.39 is 0 Å². The molecule has 7 atom stereocenters. The molecular formula is C24H34O4. The highest BCUT2D eigenvalue weighted by Crippen LogP contribution is 2.66. The van der Waals surface area contributed by atoms with Crippen LogP contribution in [0, 0.1) is 40.4 Å². The highest BCUT2D eigenvalue weighted by atomic mass is 16.5. The van der Waals surface area contributed by atoms with Crippen molar-refractivity contribution in [3.63, 3.8) is 0 Å². The Morgan fingerprint density at radius 2 is 1.79 bits per heavy atom. The molecule has 0 aromatic heterocycles. The van der Waals surface area contributed by atoms with Gasteiger partial charge in [-0.05, 0) is 87.4 Å². The molecule has 0 radical (unpaired) electrons. The van der Waals surface area contributed by atoms with Crippen LogP contribution < -0.4 is 0 Å². The van der Waals surface area contributed by atoms with Crippen molar-refractivity contribution >= 4 is 17.5 Å². The average molecular weight is 387 g/mol. The highest BCUT2D eigenvalue weighted by molar-refractivity contribution is 6.02. The van der Waals surface area contributed by atoms with Crippen LogP contribution in [0.3, 0.4) is 0 Å². The summed E-state index contributed by atoms with van der Waals surface area (Å²) < 4.78 is 5.07. The summed E-state index contributed by atoms with van der Waals surface area (Å²) in [4.78, 5) is 36.3. The molecule has 4 aliphatic rings. The van der Waals surface area contributed by atoms with Gasteiger partial charge in [0.05, 0.1) is 0 Å². The van der Waals surface area contributed by atoms with Crippen LogP contribution in [0.25, 0.3) is 0 Å². The van der Waals surface area contributed by atoms with Gasteiger partial charge in [0.25, 0.3) is 0 Å². The fraction of sp³-hybridized carbons (Fsp3) is 0.792. The SMILES string of the molecule is CC(=O)O/C=C1\C[C@H]2[C@@H]3CCC4CC(C(C)=O)CC[C@]4(C)[C@H]3CC[C@]2(C)C1=O. The minimum atomic E-state index is -0.367. The quantitative estimate of drug-likeness (QED) is 0.386. The first kappa shape index (κ1) is 19.8. The average Bonchev–Trinajstić information content (AvgIpc) is 2.90. The Morgan fingerprint density at radius 1 is 1.04 bits per heavy atom. The van der Waals surface area contributed by atoms with E-state index in [0.717, 1.165) is 38.5 Å². The standard InChI is InChI=1S/C24H34O4/c1-14(25)16-7-9-23(3)18(11-16)5-6-19-20(23)8-10-24(4)21(19)12-17(22(24)27)13-28-15(2)26/h13,16,18-21H,5-12H2,1-4H3/b17-13+/t16?,18?,19-,20+,21+,23+,24+/m1/s1. The molecule has 0 heterocycles. The Bertz CT molecular complexity index is 737. The molecule has 4 aliphatic carbocycles. The number of hydrogen-bond acceptors (Lipinski definition) is 4. The zero-order valence-corrected chi connectivity index (χ0v) is 17.8. The summed E-state index contributed by atoms with van der Waals surface area (Å²) in [5, 5.41) is 0. The predicted octanol–water partition coefficient (Wildman–Crippen LogP) is 4.86. The summed E-state index contributed by atoms with van der Waals surface area (Å²) in [5.74, 6) is 2.69. The third kappa shape index (κ3) is 2.90. The molecule has 4 fully saturated rings. The van der Waals surface area contributed by atoms with Gasteiger partial charge in [-0.3, -0.25) is 14.4 Å². The smallest absolute Gasteiger partial charge is 0.307 e. The Morgan fingerprint density at radius 3 is 2.46 bits per heavy atom. The van der Waals surface area contributed by atoms with Gasteiger partial charge in [0.15, 0.2) is 5.78 Å². The van der Waals surface area contributed by atoms with Gasteiger partial charge in [-0.15, -0.1) is 0 Å². The van der Waals surface area contributed by atoms with E-state index in [-0.39, 0.29) is 23.1 Å². The first-order chi connectivity index (χ1) is 13.2. The lowest BCUT2D eigenvalue weighted by atomic mass is 9.44. The van der Waals surface area contributed by atoms with Gasteiger partial charge in [0.2, 0.25) is 0 Å². The van der Waals surface area contributed by atoms with Crippen molar-refractivity contribution in [2.75, 3.05) is 0 Å². The summed E-state index contributed by atoms with van der Waals surface area (Å²) in [6, 6.07) is 0. The highest BCUT2D eigenvalue weighted by Gasteiger charge is 2.61.